The van der Waals surface area contributed by atoms with Gasteiger partial charge in [-0.25, -0.2) is 0 Å². The van der Waals surface area contributed by atoms with Gasteiger partial charge in [0, 0.05) is 16.4 Å². The molecular weight excluding hydrogens is 276 g/mol. The van der Waals surface area contributed by atoms with Crippen LogP contribution >= 0.6 is 11.6 Å². The van der Waals surface area contributed by atoms with Crippen LogP contribution in [0.4, 0.5) is 11.4 Å². The van der Waals surface area contributed by atoms with E-state index >= 15 is 0 Å². The molecule has 2 aromatic rings. The Morgan fingerprint density at radius 2 is 2.00 bits per heavy atom. The van der Waals surface area contributed by atoms with Crippen molar-refractivity contribution in [1.29, 1.82) is 0 Å². The molecule has 0 aromatic heterocycles. The maximum absolute atomic E-state index is 12.3. The molecule has 0 aliphatic carbocycles. The van der Waals surface area contributed by atoms with Gasteiger partial charge in [0.2, 0.25) is 0 Å². The lowest BCUT2D eigenvalue weighted by molar-refractivity contribution is 0.102. The van der Waals surface area contributed by atoms with Crippen molar-refractivity contribution in [2.24, 2.45) is 0 Å². The van der Waals surface area contributed by atoms with E-state index in [4.69, 9.17) is 22.1 Å². The zero-order valence-corrected chi connectivity index (χ0v) is 12.0. The summed E-state index contributed by atoms with van der Waals surface area (Å²) in [6, 6.07) is 10.2. The van der Waals surface area contributed by atoms with Gasteiger partial charge in [-0.05, 0) is 42.8 Å². The zero-order valence-electron chi connectivity index (χ0n) is 11.2. The van der Waals surface area contributed by atoms with Crippen LogP contribution in [-0.2, 0) is 0 Å². The number of nitrogens with two attached hydrogens (primary N) is 1. The molecule has 0 bridgehead atoms. The number of ether oxygens (including phenoxy) is 1. The minimum Gasteiger partial charge on any atom is -0.496 e. The van der Waals surface area contributed by atoms with E-state index in [1.165, 1.54) is 7.11 Å². The highest BCUT2D eigenvalue weighted by Gasteiger charge is 2.14. The van der Waals surface area contributed by atoms with Crippen LogP contribution in [0.2, 0.25) is 5.02 Å². The molecule has 4 nitrogen and oxygen atoms in total. The Morgan fingerprint density at radius 1 is 1.25 bits per heavy atom. The molecule has 0 aliphatic heterocycles. The van der Waals surface area contributed by atoms with Gasteiger partial charge in [-0.1, -0.05) is 17.7 Å². The number of rotatable bonds is 3. The minimum atomic E-state index is -0.293. The van der Waals surface area contributed by atoms with Crippen molar-refractivity contribution >= 4 is 28.9 Å². The first kappa shape index (κ1) is 14.2. The number of methoxy groups -OCH3 is 1. The molecule has 0 atom stereocenters. The lowest BCUT2D eigenvalue weighted by atomic mass is 10.1. The standard InChI is InChI=1S/C15H15ClN2O2/c1-9-3-5-11(17)8-13(9)18-15(19)12-7-10(16)4-6-14(12)20-2/h3-8H,17H2,1-2H3,(H,18,19). The molecule has 2 rings (SSSR count). The summed E-state index contributed by atoms with van der Waals surface area (Å²) in [4.78, 5) is 12.3. The molecule has 104 valence electrons. The first-order chi connectivity index (χ1) is 9.51. The van der Waals surface area contributed by atoms with Gasteiger partial charge in [0.25, 0.3) is 5.91 Å². The fourth-order valence-corrected chi connectivity index (χ4v) is 1.99. The number of aryl methyl sites for hydroxylation is 1. The van der Waals surface area contributed by atoms with Crippen molar-refractivity contribution in [3.8, 4) is 5.75 Å². The van der Waals surface area contributed by atoms with Gasteiger partial charge in [0.15, 0.2) is 0 Å². The van der Waals surface area contributed by atoms with E-state index in [1.807, 2.05) is 13.0 Å². The van der Waals surface area contributed by atoms with E-state index in [1.54, 1.807) is 30.3 Å². The molecule has 20 heavy (non-hydrogen) atoms. The fourth-order valence-electron chi connectivity index (χ4n) is 1.82. The molecule has 0 heterocycles. The molecule has 0 unspecified atom stereocenters. The van der Waals surface area contributed by atoms with Gasteiger partial charge in [-0.2, -0.15) is 0 Å². The Bertz CT molecular complexity index is 656. The molecule has 3 N–H and O–H groups in total. The van der Waals surface area contributed by atoms with Gasteiger partial charge in [0.05, 0.1) is 12.7 Å². The topological polar surface area (TPSA) is 64.3 Å². The van der Waals surface area contributed by atoms with Crippen molar-refractivity contribution in [3.05, 3.63) is 52.5 Å². The molecule has 0 radical (unpaired) electrons. The van der Waals surface area contributed by atoms with Crippen molar-refractivity contribution < 1.29 is 9.53 Å². The highest BCUT2D eigenvalue weighted by molar-refractivity contribution is 6.31. The number of halogens is 1. The van der Waals surface area contributed by atoms with E-state index in [2.05, 4.69) is 5.32 Å². The maximum atomic E-state index is 12.3. The number of nitrogens with one attached hydrogen (secondary N) is 1. The average molecular weight is 291 g/mol. The molecule has 0 saturated carbocycles. The van der Waals surface area contributed by atoms with E-state index in [0.29, 0.717) is 27.7 Å². The molecule has 2 aromatic carbocycles. The number of hydrogen-bond donors (Lipinski definition) is 2. The highest BCUT2D eigenvalue weighted by atomic mass is 35.5. The number of nitrogen functional groups attached to an aromatic ring is 1. The zero-order chi connectivity index (χ0) is 14.7. The molecule has 0 aliphatic rings. The minimum absolute atomic E-state index is 0.293. The molecule has 0 fully saturated rings. The van der Waals surface area contributed by atoms with E-state index in [9.17, 15) is 4.79 Å². The molecule has 0 spiro atoms. The lowest BCUT2D eigenvalue weighted by Crippen LogP contribution is -2.14. The third kappa shape index (κ3) is 3.03. The Balaban J connectivity index is 2.32. The molecule has 5 heteroatoms. The third-order valence-corrected chi connectivity index (χ3v) is 3.15. The summed E-state index contributed by atoms with van der Waals surface area (Å²) in [6.07, 6.45) is 0. The summed E-state index contributed by atoms with van der Waals surface area (Å²) < 4.78 is 5.17. The Morgan fingerprint density at radius 3 is 2.70 bits per heavy atom. The van der Waals surface area contributed by atoms with E-state index in [-0.39, 0.29) is 5.91 Å². The van der Waals surface area contributed by atoms with Gasteiger partial charge < -0.3 is 15.8 Å². The molecular formula is C15H15ClN2O2. The molecule has 0 saturated heterocycles. The number of amides is 1. The highest BCUT2D eigenvalue weighted by Crippen LogP contribution is 2.25. The van der Waals surface area contributed by atoms with Crippen molar-refractivity contribution in [2.75, 3.05) is 18.2 Å². The average Bonchev–Trinajstić information content (AvgIpc) is 2.42. The predicted octanol–water partition coefficient (Wildman–Crippen LogP) is 3.49. The third-order valence-electron chi connectivity index (χ3n) is 2.92. The number of carbonyl (C=O) groups is 1. The Hall–Kier alpha value is -2.20. The van der Waals surface area contributed by atoms with Crippen LogP contribution in [0.3, 0.4) is 0 Å². The second-order valence-electron chi connectivity index (χ2n) is 4.37. The van der Waals surface area contributed by atoms with Crippen molar-refractivity contribution in [3.63, 3.8) is 0 Å². The van der Waals surface area contributed by atoms with Crippen LogP contribution in [-0.4, -0.2) is 13.0 Å². The summed E-state index contributed by atoms with van der Waals surface area (Å²) >= 11 is 5.92. The van der Waals surface area contributed by atoms with Crippen LogP contribution in [0.5, 0.6) is 5.75 Å². The summed E-state index contributed by atoms with van der Waals surface area (Å²) in [5.74, 6) is 0.173. The summed E-state index contributed by atoms with van der Waals surface area (Å²) in [5, 5.41) is 3.28. The lowest BCUT2D eigenvalue weighted by Gasteiger charge is -2.12. The fraction of sp³-hybridized carbons (Fsp3) is 0.133. The van der Waals surface area contributed by atoms with Crippen LogP contribution in [0.1, 0.15) is 15.9 Å². The second-order valence-corrected chi connectivity index (χ2v) is 4.81. The predicted molar refractivity (Wildman–Crippen MR) is 81.5 cm³/mol. The largest absolute Gasteiger partial charge is 0.496 e. The normalized spacial score (nSPS) is 10.2. The van der Waals surface area contributed by atoms with Crippen molar-refractivity contribution in [1.82, 2.24) is 0 Å². The van der Waals surface area contributed by atoms with Crippen LogP contribution in [0, 0.1) is 6.92 Å². The molecule has 1 amide bonds. The second kappa shape index (κ2) is 5.84. The smallest absolute Gasteiger partial charge is 0.259 e. The number of anilines is 2. The first-order valence-corrected chi connectivity index (χ1v) is 6.40. The quantitative estimate of drug-likeness (QED) is 0.851. The van der Waals surface area contributed by atoms with Crippen molar-refractivity contribution in [2.45, 2.75) is 6.92 Å². The van der Waals surface area contributed by atoms with Gasteiger partial charge in [-0.3, -0.25) is 4.79 Å². The summed E-state index contributed by atoms with van der Waals surface area (Å²) in [5.41, 5.74) is 8.28. The number of benzene rings is 2. The number of carbonyl (C=O) groups excluding carboxylic acids is 1. The first-order valence-electron chi connectivity index (χ1n) is 6.02. The van der Waals surface area contributed by atoms with Gasteiger partial charge >= 0.3 is 0 Å². The maximum Gasteiger partial charge on any atom is 0.259 e. The van der Waals surface area contributed by atoms with Gasteiger partial charge in [0.1, 0.15) is 5.75 Å². The van der Waals surface area contributed by atoms with Gasteiger partial charge in [-0.15, -0.1) is 0 Å². The monoisotopic (exact) mass is 290 g/mol. The Kier molecular flexibility index (Phi) is 4.15. The van der Waals surface area contributed by atoms with Crippen LogP contribution in [0.15, 0.2) is 36.4 Å². The van der Waals surface area contributed by atoms with E-state index < -0.39 is 0 Å². The van der Waals surface area contributed by atoms with E-state index in [0.717, 1.165) is 5.56 Å². The van der Waals surface area contributed by atoms with Crippen LogP contribution < -0.4 is 15.8 Å². The summed E-state index contributed by atoms with van der Waals surface area (Å²) in [6.45, 7) is 1.89. The summed E-state index contributed by atoms with van der Waals surface area (Å²) in [7, 11) is 1.51. The Labute approximate surface area is 122 Å². The van der Waals surface area contributed by atoms with Crippen LogP contribution in [0.25, 0.3) is 0 Å². The number of hydrogen-bond acceptors (Lipinski definition) is 3. The SMILES string of the molecule is COc1ccc(Cl)cc1C(=O)Nc1cc(N)ccc1C.